The predicted octanol–water partition coefficient (Wildman–Crippen LogP) is 5.68. The average Bonchev–Trinajstić information content (AvgIpc) is 3.26. The number of thioether (sulfide) groups is 1. The molecular weight excluding hydrogens is 499 g/mol. The standard InChI is InChI=1S/C30H29FN4O2S/c1-3-17-32-25(36)18-34-26(37)19-38-29(24-12-8-7-9-20(24)2)27-28(21-10-5-4-6-11-21)33-35(30(27)34)23-15-13-22(31)14-16-23/h4-16,29H,3,17-19H2,1-2H3,(H,32,36). The van der Waals surface area contributed by atoms with Gasteiger partial charge < -0.3 is 5.32 Å². The maximum atomic E-state index is 13.9. The summed E-state index contributed by atoms with van der Waals surface area (Å²) in [6.07, 6.45) is 0.793. The van der Waals surface area contributed by atoms with Gasteiger partial charge in [0.05, 0.1) is 22.4 Å². The minimum absolute atomic E-state index is 0.131. The van der Waals surface area contributed by atoms with Gasteiger partial charge in [-0.15, -0.1) is 11.8 Å². The van der Waals surface area contributed by atoms with E-state index in [1.807, 2.05) is 49.4 Å². The monoisotopic (exact) mass is 528 g/mol. The summed E-state index contributed by atoms with van der Waals surface area (Å²) in [4.78, 5) is 28.1. The Morgan fingerprint density at radius 3 is 2.47 bits per heavy atom. The van der Waals surface area contributed by atoms with Crippen molar-refractivity contribution in [2.45, 2.75) is 25.5 Å². The Bertz CT molecular complexity index is 1450. The fourth-order valence-electron chi connectivity index (χ4n) is 4.68. The zero-order valence-corrected chi connectivity index (χ0v) is 22.2. The summed E-state index contributed by atoms with van der Waals surface area (Å²) in [5.41, 5.74) is 5.26. The number of aryl methyl sites for hydroxylation is 1. The number of carbonyl (C=O) groups excluding carboxylic acids is 2. The van der Waals surface area contributed by atoms with Crippen LogP contribution < -0.4 is 10.2 Å². The number of fused-ring (bicyclic) bond motifs is 1. The summed E-state index contributed by atoms with van der Waals surface area (Å²) in [6.45, 7) is 4.44. The molecule has 8 heteroatoms. The number of nitrogens with one attached hydrogen (secondary N) is 1. The lowest BCUT2D eigenvalue weighted by atomic mass is 9.97. The van der Waals surface area contributed by atoms with Gasteiger partial charge in [0, 0.05) is 17.7 Å². The largest absolute Gasteiger partial charge is 0.355 e. The van der Waals surface area contributed by atoms with E-state index in [-0.39, 0.29) is 35.2 Å². The molecule has 4 aromatic rings. The maximum absolute atomic E-state index is 13.9. The van der Waals surface area contributed by atoms with Crippen LogP contribution in [0, 0.1) is 12.7 Å². The zero-order chi connectivity index (χ0) is 26.6. The second-order valence-corrected chi connectivity index (χ2v) is 10.3. The van der Waals surface area contributed by atoms with Crippen LogP contribution >= 0.6 is 11.8 Å². The molecular formula is C30H29FN4O2S. The van der Waals surface area contributed by atoms with Crippen molar-refractivity contribution in [3.63, 3.8) is 0 Å². The molecule has 1 aliphatic rings. The first-order valence-electron chi connectivity index (χ1n) is 12.7. The molecule has 3 aromatic carbocycles. The van der Waals surface area contributed by atoms with E-state index in [1.165, 1.54) is 28.8 Å². The van der Waals surface area contributed by atoms with Gasteiger partial charge >= 0.3 is 0 Å². The van der Waals surface area contributed by atoms with Crippen LogP contribution in [0.2, 0.25) is 0 Å². The van der Waals surface area contributed by atoms with E-state index >= 15 is 0 Å². The predicted molar refractivity (Wildman–Crippen MR) is 150 cm³/mol. The Kier molecular flexibility index (Phi) is 7.60. The minimum Gasteiger partial charge on any atom is -0.355 e. The molecule has 2 heterocycles. The van der Waals surface area contributed by atoms with Crippen LogP contribution in [0.15, 0.2) is 78.9 Å². The van der Waals surface area contributed by atoms with Crippen LogP contribution in [0.1, 0.15) is 35.3 Å². The third kappa shape index (κ3) is 5.09. The first kappa shape index (κ1) is 25.7. The lowest BCUT2D eigenvalue weighted by molar-refractivity contribution is -0.122. The van der Waals surface area contributed by atoms with E-state index < -0.39 is 0 Å². The molecule has 0 bridgehead atoms. The quantitative estimate of drug-likeness (QED) is 0.335. The highest BCUT2D eigenvalue weighted by Gasteiger charge is 2.38. The molecule has 1 N–H and O–H groups in total. The first-order valence-corrected chi connectivity index (χ1v) is 13.7. The van der Waals surface area contributed by atoms with E-state index in [0.29, 0.717) is 18.1 Å². The molecule has 0 aliphatic carbocycles. The third-order valence-corrected chi connectivity index (χ3v) is 7.79. The second-order valence-electron chi connectivity index (χ2n) is 9.22. The molecule has 1 aliphatic heterocycles. The van der Waals surface area contributed by atoms with Crippen LogP contribution in [-0.4, -0.2) is 40.4 Å². The van der Waals surface area contributed by atoms with E-state index in [1.54, 1.807) is 16.8 Å². The number of benzene rings is 3. The van der Waals surface area contributed by atoms with Crippen LogP contribution in [0.25, 0.3) is 16.9 Å². The molecule has 0 saturated carbocycles. The Labute approximate surface area is 225 Å². The van der Waals surface area contributed by atoms with Gasteiger partial charge in [-0.05, 0) is 48.7 Å². The Hall–Kier alpha value is -3.91. The fourth-order valence-corrected chi connectivity index (χ4v) is 5.97. The summed E-state index contributed by atoms with van der Waals surface area (Å²) in [5.74, 6) is -0.0480. The summed E-state index contributed by atoms with van der Waals surface area (Å²) < 4.78 is 15.6. The summed E-state index contributed by atoms with van der Waals surface area (Å²) >= 11 is 1.53. The van der Waals surface area contributed by atoms with Crippen molar-refractivity contribution in [2.24, 2.45) is 0 Å². The summed E-state index contributed by atoms with van der Waals surface area (Å²) in [7, 11) is 0. The van der Waals surface area contributed by atoms with Crippen molar-refractivity contribution in [2.75, 3.05) is 23.7 Å². The van der Waals surface area contributed by atoms with E-state index in [9.17, 15) is 14.0 Å². The highest BCUT2D eigenvalue weighted by molar-refractivity contribution is 8.00. The zero-order valence-electron chi connectivity index (χ0n) is 21.4. The Morgan fingerprint density at radius 1 is 1.05 bits per heavy atom. The topological polar surface area (TPSA) is 67.2 Å². The van der Waals surface area contributed by atoms with Crippen LogP contribution in [0.4, 0.5) is 10.2 Å². The molecule has 6 nitrogen and oxygen atoms in total. The Balaban J connectivity index is 1.79. The smallest absolute Gasteiger partial charge is 0.240 e. The Morgan fingerprint density at radius 2 is 1.76 bits per heavy atom. The molecule has 194 valence electrons. The van der Waals surface area contributed by atoms with E-state index in [4.69, 9.17) is 5.10 Å². The number of halogens is 1. The average molecular weight is 529 g/mol. The van der Waals surface area contributed by atoms with Gasteiger partial charge in [-0.25, -0.2) is 9.07 Å². The molecule has 5 rings (SSSR count). The van der Waals surface area contributed by atoms with E-state index in [0.717, 1.165) is 34.4 Å². The number of nitrogens with zero attached hydrogens (tertiary/aromatic N) is 3. The molecule has 0 saturated heterocycles. The number of amides is 2. The maximum Gasteiger partial charge on any atom is 0.240 e. The number of hydrogen-bond acceptors (Lipinski definition) is 4. The molecule has 0 spiro atoms. The molecule has 38 heavy (non-hydrogen) atoms. The van der Waals surface area contributed by atoms with Gasteiger partial charge in [-0.1, -0.05) is 61.5 Å². The van der Waals surface area contributed by atoms with Crippen molar-refractivity contribution in [3.8, 4) is 16.9 Å². The lowest BCUT2D eigenvalue weighted by Gasteiger charge is -2.23. The number of hydrogen-bond donors (Lipinski definition) is 1. The highest BCUT2D eigenvalue weighted by Crippen LogP contribution is 2.49. The molecule has 2 amide bonds. The van der Waals surface area contributed by atoms with Gasteiger partial charge in [0.25, 0.3) is 0 Å². The summed E-state index contributed by atoms with van der Waals surface area (Å²) in [5, 5.41) is 7.70. The minimum atomic E-state index is -0.365. The number of aromatic nitrogens is 2. The normalized spacial score (nSPS) is 15.2. The molecule has 1 unspecified atom stereocenters. The SMILES string of the molecule is CCCNC(=O)CN1C(=O)CSC(c2ccccc2C)c2c(-c3ccccc3)nn(-c3ccc(F)cc3)c21. The summed E-state index contributed by atoms with van der Waals surface area (Å²) in [6, 6.07) is 24.0. The first-order chi connectivity index (χ1) is 18.5. The van der Waals surface area contributed by atoms with Crippen molar-refractivity contribution in [1.29, 1.82) is 0 Å². The number of anilines is 1. The second kappa shape index (κ2) is 11.2. The number of carbonyl (C=O) groups is 2. The molecule has 1 atom stereocenters. The highest BCUT2D eigenvalue weighted by atomic mass is 32.2. The van der Waals surface area contributed by atoms with E-state index in [2.05, 4.69) is 24.4 Å². The molecule has 0 fully saturated rings. The van der Waals surface area contributed by atoms with Gasteiger partial charge in [0.1, 0.15) is 18.2 Å². The molecule has 0 radical (unpaired) electrons. The van der Waals surface area contributed by atoms with Crippen molar-refractivity contribution >= 4 is 29.4 Å². The van der Waals surface area contributed by atoms with Crippen molar-refractivity contribution in [3.05, 3.63) is 101 Å². The third-order valence-electron chi connectivity index (χ3n) is 6.55. The lowest BCUT2D eigenvalue weighted by Crippen LogP contribution is -2.42. The van der Waals surface area contributed by atoms with Crippen LogP contribution in [0.5, 0.6) is 0 Å². The van der Waals surface area contributed by atoms with Gasteiger partial charge in [-0.2, -0.15) is 5.10 Å². The number of rotatable bonds is 7. The van der Waals surface area contributed by atoms with Crippen molar-refractivity contribution < 1.29 is 14.0 Å². The van der Waals surface area contributed by atoms with Gasteiger partial charge in [0.15, 0.2) is 0 Å². The van der Waals surface area contributed by atoms with Gasteiger partial charge in [0.2, 0.25) is 11.8 Å². The molecule has 1 aromatic heterocycles. The van der Waals surface area contributed by atoms with Crippen molar-refractivity contribution in [1.82, 2.24) is 15.1 Å². The fraction of sp³-hybridized carbons (Fsp3) is 0.233. The van der Waals surface area contributed by atoms with Crippen LogP contribution in [0.3, 0.4) is 0 Å². The van der Waals surface area contributed by atoms with Crippen LogP contribution in [-0.2, 0) is 9.59 Å². The van der Waals surface area contributed by atoms with Gasteiger partial charge in [-0.3, -0.25) is 14.5 Å².